The molecule has 10 heteroatoms. The summed E-state index contributed by atoms with van der Waals surface area (Å²) in [6.45, 7) is 0. The Morgan fingerprint density at radius 2 is 1.78 bits per heavy atom. The summed E-state index contributed by atoms with van der Waals surface area (Å²) in [5.41, 5.74) is -0.707. The molecule has 0 fully saturated rings. The number of halogens is 3. The number of ketones is 2. The summed E-state index contributed by atoms with van der Waals surface area (Å²) in [5.74, 6) is -2.20. The predicted molar refractivity (Wildman–Crippen MR) is 85.6 cm³/mol. The van der Waals surface area contributed by atoms with Crippen LogP contribution in [0.1, 0.15) is 26.4 Å². The van der Waals surface area contributed by atoms with E-state index in [0.29, 0.717) is 10.6 Å². The lowest BCUT2D eigenvalue weighted by atomic mass is 10.1. The lowest BCUT2D eigenvalue weighted by molar-refractivity contribution is -0.0889. The quantitative estimate of drug-likeness (QED) is 0.544. The number of carbonyl (C=O) groups is 2. The molecular weight excluding hydrogens is 367 g/mol. The van der Waals surface area contributed by atoms with Crippen LogP contribution in [0.5, 0.6) is 5.75 Å². The second-order valence-corrected chi connectivity index (χ2v) is 5.49. The van der Waals surface area contributed by atoms with E-state index < -0.39 is 23.4 Å². The summed E-state index contributed by atoms with van der Waals surface area (Å²) in [6.07, 6.45) is -2.00. The number of alkyl halides is 3. The van der Waals surface area contributed by atoms with Gasteiger partial charge in [-0.1, -0.05) is 0 Å². The van der Waals surface area contributed by atoms with E-state index in [-0.39, 0.29) is 16.8 Å². The van der Waals surface area contributed by atoms with Crippen LogP contribution in [0.2, 0.25) is 0 Å². The van der Waals surface area contributed by atoms with Gasteiger partial charge in [-0.3, -0.25) is 9.59 Å². The number of rotatable bonds is 5. The fourth-order valence-corrected chi connectivity index (χ4v) is 2.46. The molecule has 3 rings (SSSR count). The zero-order valence-corrected chi connectivity index (χ0v) is 13.8. The first kappa shape index (κ1) is 18.2. The van der Waals surface area contributed by atoms with Gasteiger partial charge in [0.2, 0.25) is 0 Å². The molecule has 0 saturated heterocycles. The van der Waals surface area contributed by atoms with E-state index in [4.69, 9.17) is 4.74 Å². The Kier molecular flexibility index (Phi) is 4.48. The van der Waals surface area contributed by atoms with Gasteiger partial charge in [0.15, 0.2) is 5.78 Å². The first-order valence-electron chi connectivity index (χ1n) is 7.47. The summed E-state index contributed by atoms with van der Waals surface area (Å²) in [5, 5.41) is 12.7. The average Bonchev–Trinajstić information content (AvgIpc) is 3.26. The van der Waals surface area contributed by atoms with E-state index in [9.17, 15) is 28.0 Å². The third-order valence-corrected chi connectivity index (χ3v) is 3.76. The number of hydrogen-bond donors (Lipinski definition) is 1. The van der Waals surface area contributed by atoms with Gasteiger partial charge >= 0.3 is 6.18 Å². The van der Waals surface area contributed by atoms with E-state index in [2.05, 4.69) is 5.10 Å². The highest BCUT2D eigenvalue weighted by atomic mass is 19.4. The Labute approximate surface area is 150 Å². The van der Waals surface area contributed by atoms with Gasteiger partial charge in [-0.2, -0.15) is 13.2 Å². The van der Waals surface area contributed by atoms with E-state index in [1.165, 1.54) is 31.4 Å². The van der Waals surface area contributed by atoms with E-state index in [0.717, 1.165) is 29.2 Å². The van der Waals surface area contributed by atoms with Crippen molar-refractivity contribution in [3.63, 3.8) is 0 Å². The van der Waals surface area contributed by atoms with Gasteiger partial charge in [-0.25, -0.2) is 0 Å². The fourth-order valence-electron chi connectivity index (χ4n) is 2.46. The highest BCUT2D eigenvalue weighted by Crippen LogP contribution is 2.26. The number of nitrogens with zero attached hydrogens (tertiary/aromatic N) is 3. The van der Waals surface area contributed by atoms with Gasteiger partial charge in [-0.05, 0) is 30.3 Å². The largest absolute Gasteiger partial charge is 0.497 e. The first-order chi connectivity index (χ1) is 12.7. The third kappa shape index (κ3) is 3.54. The van der Waals surface area contributed by atoms with Crippen molar-refractivity contribution in [3.8, 4) is 11.4 Å². The first-order valence-corrected chi connectivity index (χ1v) is 7.47. The average molecular weight is 379 g/mol. The molecule has 0 amide bonds. The highest BCUT2D eigenvalue weighted by molar-refractivity contribution is 6.11. The van der Waals surface area contributed by atoms with Crippen molar-refractivity contribution in [2.24, 2.45) is 0 Å². The molecule has 0 aliphatic carbocycles. The standard InChI is InChI=1S/C17H12F3N3O4/c1-27-13-4-2-10(3-5-13)15(24)11-6-14(16(25)17(18,19)20)22(8-11)12-7-21-23(26)9-12/h2-9,26H,1H3. The monoisotopic (exact) mass is 379 g/mol. The molecule has 0 bridgehead atoms. The van der Waals surface area contributed by atoms with Gasteiger partial charge in [-0.15, -0.1) is 9.94 Å². The number of aromatic nitrogens is 3. The molecule has 0 saturated carbocycles. The summed E-state index contributed by atoms with van der Waals surface area (Å²) in [6, 6.07) is 6.83. The van der Waals surface area contributed by atoms with Gasteiger partial charge in [0.1, 0.15) is 5.75 Å². The minimum Gasteiger partial charge on any atom is -0.497 e. The summed E-state index contributed by atoms with van der Waals surface area (Å²) in [7, 11) is 1.45. The minimum atomic E-state index is -5.13. The number of carbonyl (C=O) groups excluding carboxylic acids is 2. The molecule has 0 atom stereocenters. The van der Waals surface area contributed by atoms with Crippen molar-refractivity contribution in [1.82, 2.24) is 14.5 Å². The van der Waals surface area contributed by atoms with Gasteiger partial charge in [0.05, 0.1) is 30.9 Å². The Morgan fingerprint density at radius 1 is 1.11 bits per heavy atom. The highest BCUT2D eigenvalue weighted by Gasteiger charge is 2.41. The van der Waals surface area contributed by atoms with E-state index in [1.54, 1.807) is 0 Å². The Bertz CT molecular complexity index is 1000. The van der Waals surface area contributed by atoms with Crippen molar-refractivity contribution in [2.75, 3.05) is 7.11 Å². The van der Waals surface area contributed by atoms with Crippen LogP contribution in [0.3, 0.4) is 0 Å². The van der Waals surface area contributed by atoms with Crippen LogP contribution < -0.4 is 4.74 Å². The molecule has 2 aromatic heterocycles. The molecule has 0 unspecified atom stereocenters. The van der Waals surface area contributed by atoms with Crippen molar-refractivity contribution < 1.29 is 32.7 Å². The topological polar surface area (TPSA) is 86.4 Å². The van der Waals surface area contributed by atoms with Crippen LogP contribution >= 0.6 is 0 Å². The molecular formula is C17H12F3N3O4. The van der Waals surface area contributed by atoms with E-state index >= 15 is 0 Å². The van der Waals surface area contributed by atoms with Crippen molar-refractivity contribution in [1.29, 1.82) is 0 Å². The molecule has 0 aliphatic rings. The SMILES string of the molecule is COc1ccc(C(=O)c2cc(C(=O)C(F)(F)F)n(-c3cnn(O)c3)c2)cc1. The molecule has 1 N–H and O–H groups in total. The normalized spacial score (nSPS) is 11.4. The Morgan fingerprint density at radius 3 is 2.30 bits per heavy atom. The number of methoxy groups -OCH3 is 1. The van der Waals surface area contributed by atoms with Crippen molar-refractivity contribution >= 4 is 11.6 Å². The van der Waals surface area contributed by atoms with Crippen LogP contribution in [-0.4, -0.2) is 44.6 Å². The zero-order valence-electron chi connectivity index (χ0n) is 13.8. The summed E-state index contributed by atoms with van der Waals surface area (Å²) in [4.78, 5) is 24.7. The molecule has 0 spiro atoms. The van der Waals surface area contributed by atoms with E-state index in [1.807, 2.05) is 0 Å². The van der Waals surface area contributed by atoms with Crippen molar-refractivity contribution in [3.05, 3.63) is 65.7 Å². The molecule has 3 aromatic rings. The molecule has 7 nitrogen and oxygen atoms in total. The molecule has 2 heterocycles. The molecule has 0 radical (unpaired) electrons. The van der Waals surface area contributed by atoms with Gasteiger partial charge in [0.25, 0.3) is 5.78 Å². The van der Waals surface area contributed by atoms with Gasteiger partial charge in [0, 0.05) is 17.3 Å². The third-order valence-electron chi connectivity index (χ3n) is 3.76. The summed E-state index contributed by atoms with van der Waals surface area (Å²) >= 11 is 0. The second-order valence-electron chi connectivity index (χ2n) is 5.49. The van der Waals surface area contributed by atoms with Crippen LogP contribution in [0.4, 0.5) is 13.2 Å². The number of ether oxygens (including phenoxy) is 1. The smallest absolute Gasteiger partial charge is 0.456 e. The number of Topliss-reactive ketones (excluding diaryl/α,β-unsaturated/α-hetero) is 1. The molecule has 0 aliphatic heterocycles. The fraction of sp³-hybridized carbons (Fsp3) is 0.118. The summed E-state index contributed by atoms with van der Waals surface area (Å²) < 4.78 is 44.6. The Hall–Kier alpha value is -3.56. The maximum absolute atomic E-state index is 12.9. The van der Waals surface area contributed by atoms with Crippen molar-refractivity contribution in [2.45, 2.75) is 6.18 Å². The molecule has 27 heavy (non-hydrogen) atoms. The lowest BCUT2D eigenvalue weighted by Crippen LogP contribution is -2.25. The van der Waals surface area contributed by atoms with Crippen LogP contribution in [0, 0.1) is 0 Å². The second kappa shape index (κ2) is 6.63. The molecule has 1 aromatic carbocycles. The molecule has 140 valence electrons. The maximum Gasteiger partial charge on any atom is 0.456 e. The maximum atomic E-state index is 12.9. The van der Waals surface area contributed by atoms with Crippen LogP contribution in [-0.2, 0) is 0 Å². The van der Waals surface area contributed by atoms with Crippen LogP contribution in [0.25, 0.3) is 5.69 Å². The van der Waals surface area contributed by atoms with Gasteiger partial charge < -0.3 is 14.5 Å². The number of hydrogen-bond acceptors (Lipinski definition) is 5. The number of benzene rings is 1. The predicted octanol–water partition coefficient (Wildman–Crippen LogP) is 2.90. The zero-order chi connectivity index (χ0) is 19.8. The van der Waals surface area contributed by atoms with Crippen LogP contribution in [0.15, 0.2) is 48.9 Å². The Balaban J connectivity index is 2.07. The minimum absolute atomic E-state index is 0.0149. The lowest BCUT2D eigenvalue weighted by Gasteiger charge is -2.07.